The second-order valence-corrected chi connectivity index (χ2v) is 11.5. The number of benzene rings is 2. The van der Waals surface area contributed by atoms with E-state index in [4.69, 9.17) is 18.6 Å². The van der Waals surface area contributed by atoms with E-state index in [-0.39, 0.29) is 17.7 Å². The van der Waals surface area contributed by atoms with Crippen LogP contribution in [0.15, 0.2) is 94.5 Å². The molecule has 11 heteroatoms. The number of hydrogen-bond acceptors (Lipinski definition) is 9. The number of hydrogen-bond donors (Lipinski definition) is 0. The van der Waals surface area contributed by atoms with E-state index < -0.39 is 12.0 Å². The second-order valence-electron chi connectivity index (χ2n) is 8.61. The lowest BCUT2D eigenvalue weighted by atomic mass is 9.95. The van der Waals surface area contributed by atoms with Crippen molar-refractivity contribution in [2.45, 2.75) is 29.9 Å². The third-order valence-corrected chi connectivity index (χ3v) is 8.98. The molecule has 206 valence electrons. The molecule has 0 N–H and O–H groups in total. The van der Waals surface area contributed by atoms with Crippen molar-refractivity contribution in [1.29, 1.82) is 0 Å². The smallest absolute Gasteiger partial charge is 0.338 e. The van der Waals surface area contributed by atoms with Crippen LogP contribution in [0.1, 0.15) is 31.2 Å². The first-order valence-corrected chi connectivity index (χ1v) is 14.7. The van der Waals surface area contributed by atoms with Gasteiger partial charge in [-0.05, 0) is 60.1 Å². The number of aromatic nitrogens is 1. The van der Waals surface area contributed by atoms with Crippen molar-refractivity contribution in [2.24, 2.45) is 4.99 Å². The van der Waals surface area contributed by atoms with Crippen molar-refractivity contribution < 1.29 is 23.4 Å². The summed E-state index contributed by atoms with van der Waals surface area (Å²) in [7, 11) is 3.09. The molecule has 1 aliphatic rings. The van der Waals surface area contributed by atoms with Crippen LogP contribution in [0, 0.1) is 0 Å². The van der Waals surface area contributed by atoms with Crippen LogP contribution in [-0.2, 0) is 9.53 Å². The minimum atomic E-state index is -0.814. The minimum absolute atomic E-state index is 0.184. The lowest BCUT2D eigenvalue weighted by molar-refractivity contribution is -0.139. The van der Waals surface area contributed by atoms with E-state index in [0.29, 0.717) is 42.9 Å². The summed E-state index contributed by atoms with van der Waals surface area (Å²) >= 11 is 6.26. The molecular formula is C29H25BrN2O6S2. The molecule has 0 fully saturated rings. The maximum atomic E-state index is 13.9. The molecule has 0 saturated carbocycles. The SMILES string of the molecule is CCOC(=O)C1=C(C)N=c2s/c(=C/c3cc(Br)c(Sc4ccccc4)o3)c(=O)n2[C@H]1c1ccc(OC)cc1OC. The molecule has 40 heavy (non-hydrogen) atoms. The molecule has 5 rings (SSSR count). The van der Waals surface area contributed by atoms with Gasteiger partial charge in [0.1, 0.15) is 23.3 Å². The number of carbonyl (C=O) groups excluding carboxylic acids is 1. The molecule has 8 nitrogen and oxygen atoms in total. The lowest BCUT2D eigenvalue weighted by Crippen LogP contribution is -2.40. The largest absolute Gasteiger partial charge is 0.497 e. The molecule has 1 aliphatic heterocycles. The molecule has 4 aromatic rings. The van der Waals surface area contributed by atoms with Crippen LogP contribution in [0.3, 0.4) is 0 Å². The Morgan fingerprint density at radius 1 is 1.18 bits per heavy atom. The fraction of sp³-hybridized carbons (Fsp3) is 0.207. The third kappa shape index (κ3) is 5.41. The Morgan fingerprint density at radius 2 is 1.95 bits per heavy atom. The van der Waals surface area contributed by atoms with Gasteiger partial charge in [-0.1, -0.05) is 41.3 Å². The average Bonchev–Trinajstić information content (AvgIpc) is 3.45. The van der Waals surface area contributed by atoms with Gasteiger partial charge in [0.05, 0.1) is 41.1 Å². The molecule has 2 aromatic carbocycles. The Hall–Kier alpha value is -3.54. The van der Waals surface area contributed by atoms with Crippen LogP contribution in [-0.4, -0.2) is 31.4 Å². The van der Waals surface area contributed by atoms with Crippen molar-refractivity contribution in [3.8, 4) is 11.5 Å². The fourth-order valence-corrected chi connectivity index (χ4v) is 6.74. The first kappa shape index (κ1) is 28.0. The molecule has 0 bridgehead atoms. The van der Waals surface area contributed by atoms with Gasteiger partial charge in [-0.15, -0.1) is 0 Å². The highest BCUT2D eigenvalue weighted by molar-refractivity contribution is 9.10. The van der Waals surface area contributed by atoms with Crippen LogP contribution >= 0.6 is 39.0 Å². The number of ether oxygens (including phenoxy) is 3. The maximum absolute atomic E-state index is 13.9. The van der Waals surface area contributed by atoms with Crippen molar-refractivity contribution in [3.63, 3.8) is 0 Å². The fourth-order valence-electron chi connectivity index (χ4n) is 4.36. The number of esters is 1. The number of furan rings is 1. The number of methoxy groups -OCH3 is 2. The van der Waals surface area contributed by atoms with Crippen LogP contribution < -0.4 is 24.4 Å². The van der Waals surface area contributed by atoms with E-state index in [9.17, 15) is 9.59 Å². The van der Waals surface area contributed by atoms with Gasteiger partial charge >= 0.3 is 5.97 Å². The zero-order valence-corrected chi connectivity index (χ0v) is 25.3. The van der Waals surface area contributed by atoms with Gasteiger partial charge in [0.25, 0.3) is 5.56 Å². The number of rotatable bonds is 8. The van der Waals surface area contributed by atoms with E-state index in [2.05, 4.69) is 20.9 Å². The van der Waals surface area contributed by atoms with E-state index in [1.807, 2.05) is 36.4 Å². The normalized spacial score (nSPS) is 15.0. The van der Waals surface area contributed by atoms with Crippen molar-refractivity contribution in [3.05, 3.63) is 101 Å². The molecule has 3 heterocycles. The summed E-state index contributed by atoms with van der Waals surface area (Å²) < 4.78 is 25.2. The maximum Gasteiger partial charge on any atom is 0.338 e. The number of fused-ring (bicyclic) bond motifs is 1. The highest BCUT2D eigenvalue weighted by atomic mass is 79.9. The predicted molar refractivity (Wildman–Crippen MR) is 157 cm³/mol. The van der Waals surface area contributed by atoms with E-state index in [1.165, 1.54) is 34.8 Å². The Labute approximate surface area is 246 Å². The summed E-state index contributed by atoms with van der Waals surface area (Å²) in [5, 5.41) is 0.673. The van der Waals surface area contributed by atoms with E-state index >= 15 is 0 Å². The van der Waals surface area contributed by atoms with Crippen LogP contribution in [0.2, 0.25) is 0 Å². The molecule has 0 radical (unpaired) electrons. The van der Waals surface area contributed by atoms with Gasteiger partial charge in [-0.3, -0.25) is 9.36 Å². The molecule has 2 aromatic heterocycles. The van der Waals surface area contributed by atoms with Crippen molar-refractivity contribution in [1.82, 2.24) is 4.57 Å². The van der Waals surface area contributed by atoms with Gasteiger partial charge in [0.15, 0.2) is 9.89 Å². The van der Waals surface area contributed by atoms with Gasteiger partial charge < -0.3 is 18.6 Å². The highest BCUT2D eigenvalue weighted by Gasteiger charge is 2.35. The van der Waals surface area contributed by atoms with Gasteiger partial charge in [-0.2, -0.15) is 0 Å². The Kier molecular flexibility index (Phi) is 8.34. The standard InChI is InChI=1S/C29H25BrN2O6S2/c1-5-37-27(34)24-16(2)31-29-32(25(24)20-12-11-17(35-3)14-22(20)36-4)26(33)23(40-29)15-18-13-21(30)28(38-18)39-19-9-7-6-8-10-19/h6-15,25H,5H2,1-4H3/b23-15+/t25-/m0/s1. The summed E-state index contributed by atoms with van der Waals surface area (Å²) in [5.41, 5.74) is 1.03. The Bertz CT molecular complexity index is 1790. The van der Waals surface area contributed by atoms with Crippen LogP contribution in [0.4, 0.5) is 0 Å². The number of halogens is 1. The van der Waals surface area contributed by atoms with E-state index in [0.717, 1.165) is 9.37 Å². The monoisotopic (exact) mass is 640 g/mol. The highest BCUT2D eigenvalue weighted by Crippen LogP contribution is 2.38. The van der Waals surface area contributed by atoms with E-state index in [1.54, 1.807) is 45.2 Å². The molecular weight excluding hydrogens is 616 g/mol. The van der Waals surface area contributed by atoms with Gasteiger partial charge in [0.2, 0.25) is 0 Å². The average molecular weight is 642 g/mol. The summed E-state index contributed by atoms with van der Waals surface area (Å²) in [6, 6.07) is 16.1. The number of allylic oxidation sites excluding steroid dienone is 1. The molecule has 0 amide bonds. The summed E-state index contributed by atoms with van der Waals surface area (Å²) in [4.78, 5) is 33.2. The quantitative estimate of drug-likeness (QED) is 0.241. The Balaban J connectivity index is 1.65. The van der Waals surface area contributed by atoms with Gasteiger partial charge in [-0.25, -0.2) is 9.79 Å². The molecule has 1 atom stereocenters. The summed E-state index contributed by atoms with van der Waals surface area (Å²) in [5.74, 6) is 1.01. The first-order chi connectivity index (χ1) is 19.3. The molecule has 0 aliphatic carbocycles. The minimum Gasteiger partial charge on any atom is -0.497 e. The first-order valence-electron chi connectivity index (χ1n) is 12.3. The second kappa shape index (κ2) is 11.9. The molecule has 0 unspecified atom stereocenters. The zero-order chi connectivity index (χ0) is 28.4. The summed E-state index contributed by atoms with van der Waals surface area (Å²) in [6.07, 6.45) is 1.69. The molecule has 0 spiro atoms. The van der Waals surface area contributed by atoms with Crippen molar-refractivity contribution in [2.75, 3.05) is 20.8 Å². The van der Waals surface area contributed by atoms with Crippen LogP contribution in [0.5, 0.6) is 11.5 Å². The lowest BCUT2D eigenvalue weighted by Gasteiger charge is -2.26. The summed E-state index contributed by atoms with van der Waals surface area (Å²) in [6.45, 7) is 3.66. The predicted octanol–water partition coefficient (Wildman–Crippen LogP) is 5.32. The number of carbonyl (C=O) groups is 1. The van der Waals surface area contributed by atoms with Crippen LogP contribution in [0.25, 0.3) is 6.08 Å². The Morgan fingerprint density at radius 3 is 2.65 bits per heavy atom. The third-order valence-electron chi connectivity index (χ3n) is 6.15. The zero-order valence-electron chi connectivity index (χ0n) is 22.1. The number of thiazole rings is 1. The molecule has 0 saturated heterocycles. The topological polar surface area (TPSA) is 92.3 Å². The number of nitrogens with zero attached hydrogens (tertiary/aromatic N) is 2. The van der Waals surface area contributed by atoms with Gasteiger partial charge in [0, 0.05) is 22.6 Å². The van der Waals surface area contributed by atoms with Crippen molar-refractivity contribution >= 4 is 51.1 Å².